The quantitative estimate of drug-likeness (QED) is 0.757. The SMILES string of the molecule is CN1CCC(C(=O)O)(c2cc(N)ncn2)CC1. The molecule has 3 N–H and O–H groups in total. The van der Waals surface area contributed by atoms with Crippen LogP contribution in [0.1, 0.15) is 18.5 Å². The first-order valence-electron chi connectivity index (χ1n) is 5.54. The highest BCUT2D eigenvalue weighted by atomic mass is 16.4. The summed E-state index contributed by atoms with van der Waals surface area (Å²) in [7, 11) is 1.99. The molecule has 0 saturated carbocycles. The number of likely N-dealkylation sites (tertiary alicyclic amines) is 1. The molecule has 0 spiro atoms. The fraction of sp³-hybridized carbons (Fsp3) is 0.545. The highest BCUT2D eigenvalue weighted by molar-refractivity contribution is 5.81. The molecule has 1 fully saturated rings. The van der Waals surface area contributed by atoms with Crippen LogP contribution in [0.25, 0.3) is 0 Å². The van der Waals surface area contributed by atoms with Gasteiger partial charge in [-0.3, -0.25) is 4.79 Å². The number of nitrogens with zero attached hydrogens (tertiary/aromatic N) is 3. The Morgan fingerprint density at radius 3 is 2.65 bits per heavy atom. The fourth-order valence-corrected chi connectivity index (χ4v) is 2.21. The molecule has 2 heterocycles. The number of aliphatic carboxylic acids is 1. The molecule has 1 saturated heterocycles. The van der Waals surface area contributed by atoms with Gasteiger partial charge < -0.3 is 15.7 Å². The van der Waals surface area contributed by atoms with Crippen molar-refractivity contribution < 1.29 is 9.90 Å². The Hall–Kier alpha value is -1.69. The van der Waals surface area contributed by atoms with Gasteiger partial charge in [-0.2, -0.15) is 0 Å². The van der Waals surface area contributed by atoms with Gasteiger partial charge in [-0.05, 0) is 33.0 Å². The first kappa shape index (κ1) is 11.8. The van der Waals surface area contributed by atoms with Gasteiger partial charge in [0.1, 0.15) is 17.6 Å². The van der Waals surface area contributed by atoms with E-state index in [0.717, 1.165) is 13.1 Å². The predicted molar refractivity (Wildman–Crippen MR) is 62.5 cm³/mol. The maximum atomic E-state index is 11.6. The van der Waals surface area contributed by atoms with Gasteiger partial charge in [0.2, 0.25) is 0 Å². The van der Waals surface area contributed by atoms with Crippen LogP contribution >= 0.6 is 0 Å². The van der Waals surface area contributed by atoms with Crippen LogP contribution in [0.2, 0.25) is 0 Å². The Balaban J connectivity index is 2.38. The number of aromatic nitrogens is 2. The molecule has 1 aromatic rings. The Morgan fingerprint density at radius 1 is 1.47 bits per heavy atom. The largest absolute Gasteiger partial charge is 0.481 e. The second-order valence-corrected chi connectivity index (χ2v) is 4.52. The summed E-state index contributed by atoms with van der Waals surface area (Å²) in [5.41, 5.74) is 5.20. The Morgan fingerprint density at radius 2 is 2.12 bits per heavy atom. The number of carboxylic acids is 1. The van der Waals surface area contributed by atoms with Crippen LogP contribution < -0.4 is 5.73 Å². The van der Waals surface area contributed by atoms with Crippen LogP contribution in [-0.4, -0.2) is 46.1 Å². The summed E-state index contributed by atoms with van der Waals surface area (Å²) in [5.74, 6) is -0.516. The molecule has 92 valence electrons. The lowest BCUT2D eigenvalue weighted by molar-refractivity contribution is -0.146. The van der Waals surface area contributed by atoms with Crippen molar-refractivity contribution in [3.63, 3.8) is 0 Å². The van der Waals surface area contributed by atoms with Crippen molar-refractivity contribution in [2.24, 2.45) is 0 Å². The summed E-state index contributed by atoms with van der Waals surface area (Å²) in [6.07, 6.45) is 2.43. The first-order valence-corrected chi connectivity index (χ1v) is 5.54. The Labute approximate surface area is 99.5 Å². The van der Waals surface area contributed by atoms with Crippen LogP contribution in [0.15, 0.2) is 12.4 Å². The second-order valence-electron chi connectivity index (χ2n) is 4.52. The minimum atomic E-state index is -0.913. The van der Waals surface area contributed by atoms with Crippen molar-refractivity contribution in [3.05, 3.63) is 18.1 Å². The van der Waals surface area contributed by atoms with E-state index in [2.05, 4.69) is 14.9 Å². The molecule has 0 aromatic carbocycles. The minimum absolute atomic E-state index is 0.314. The van der Waals surface area contributed by atoms with Crippen molar-refractivity contribution in [1.82, 2.24) is 14.9 Å². The fourth-order valence-electron chi connectivity index (χ4n) is 2.21. The highest BCUT2D eigenvalue weighted by Crippen LogP contribution is 2.34. The molecule has 0 unspecified atom stereocenters. The van der Waals surface area contributed by atoms with Crippen molar-refractivity contribution in [1.29, 1.82) is 0 Å². The zero-order valence-electron chi connectivity index (χ0n) is 9.76. The molecule has 0 radical (unpaired) electrons. The van der Waals surface area contributed by atoms with E-state index in [4.69, 9.17) is 5.73 Å². The van der Waals surface area contributed by atoms with Gasteiger partial charge in [0.15, 0.2) is 0 Å². The van der Waals surface area contributed by atoms with E-state index in [-0.39, 0.29) is 0 Å². The third-order valence-corrected chi connectivity index (χ3v) is 3.43. The number of piperidine rings is 1. The number of hydrogen-bond donors (Lipinski definition) is 2. The average molecular weight is 236 g/mol. The number of carboxylic acid groups (broad SMARTS) is 1. The molecule has 0 atom stereocenters. The zero-order valence-corrected chi connectivity index (χ0v) is 9.76. The molecular formula is C11H16N4O2. The molecular weight excluding hydrogens is 220 g/mol. The normalized spacial score (nSPS) is 20.1. The Bertz CT molecular complexity index is 427. The third-order valence-electron chi connectivity index (χ3n) is 3.43. The summed E-state index contributed by atoms with van der Waals surface area (Å²) in [6.45, 7) is 1.49. The molecule has 2 rings (SSSR count). The highest BCUT2D eigenvalue weighted by Gasteiger charge is 2.43. The molecule has 1 aliphatic rings. The number of nitrogen functional groups attached to an aromatic ring is 1. The summed E-state index contributed by atoms with van der Waals surface area (Å²) >= 11 is 0. The monoisotopic (exact) mass is 236 g/mol. The average Bonchev–Trinajstić information content (AvgIpc) is 2.30. The smallest absolute Gasteiger partial charge is 0.315 e. The number of rotatable bonds is 2. The van der Waals surface area contributed by atoms with Gasteiger partial charge in [-0.1, -0.05) is 0 Å². The van der Waals surface area contributed by atoms with E-state index in [1.54, 1.807) is 6.07 Å². The molecule has 6 nitrogen and oxygen atoms in total. The van der Waals surface area contributed by atoms with Gasteiger partial charge >= 0.3 is 5.97 Å². The van der Waals surface area contributed by atoms with Gasteiger partial charge in [0.05, 0.1) is 5.69 Å². The maximum Gasteiger partial charge on any atom is 0.315 e. The zero-order chi connectivity index (χ0) is 12.5. The lowest BCUT2D eigenvalue weighted by atomic mass is 9.75. The topological polar surface area (TPSA) is 92.3 Å². The standard InChI is InChI=1S/C11H16N4O2/c1-15-4-2-11(3-5-15,10(16)17)8-6-9(12)14-7-13-8/h6-7H,2-5H2,1H3,(H,16,17)(H2,12,13,14). The van der Waals surface area contributed by atoms with Crippen LogP contribution in [0.4, 0.5) is 5.82 Å². The van der Waals surface area contributed by atoms with Gasteiger partial charge in [0.25, 0.3) is 0 Å². The van der Waals surface area contributed by atoms with Gasteiger partial charge in [-0.25, -0.2) is 9.97 Å². The lowest BCUT2D eigenvalue weighted by Crippen LogP contribution is -2.46. The van der Waals surface area contributed by atoms with Crippen molar-refractivity contribution in [2.45, 2.75) is 18.3 Å². The van der Waals surface area contributed by atoms with Crippen molar-refractivity contribution in [3.8, 4) is 0 Å². The molecule has 0 aliphatic carbocycles. The van der Waals surface area contributed by atoms with E-state index in [1.807, 2.05) is 7.05 Å². The maximum absolute atomic E-state index is 11.6. The molecule has 17 heavy (non-hydrogen) atoms. The van der Waals surface area contributed by atoms with Crippen LogP contribution in [0.3, 0.4) is 0 Å². The summed E-state index contributed by atoms with van der Waals surface area (Å²) in [5, 5.41) is 9.50. The van der Waals surface area contributed by atoms with Gasteiger partial charge in [-0.15, -0.1) is 0 Å². The second kappa shape index (κ2) is 4.29. The Kier molecular flexibility index (Phi) is 2.97. The molecule has 1 aromatic heterocycles. The first-order chi connectivity index (χ1) is 8.04. The van der Waals surface area contributed by atoms with E-state index >= 15 is 0 Å². The lowest BCUT2D eigenvalue weighted by Gasteiger charge is -2.36. The van der Waals surface area contributed by atoms with Crippen molar-refractivity contribution >= 4 is 11.8 Å². The molecule has 0 bridgehead atoms. The molecule has 1 aliphatic heterocycles. The summed E-state index contributed by atoms with van der Waals surface area (Å²) in [6, 6.07) is 1.57. The summed E-state index contributed by atoms with van der Waals surface area (Å²) in [4.78, 5) is 21.6. The molecule has 6 heteroatoms. The number of carbonyl (C=O) groups is 1. The minimum Gasteiger partial charge on any atom is -0.481 e. The van der Waals surface area contributed by atoms with Crippen LogP contribution in [0.5, 0.6) is 0 Å². The van der Waals surface area contributed by atoms with E-state index in [9.17, 15) is 9.90 Å². The van der Waals surface area contributed by atoms with E-state index in [1.165, 1.54) is 6.33 Å². The van der Waals surface area contributed by atoms with Crippen LogP contribution in [-0.2, 0) is 10.2 Å². The molecule has 0 amide bonds. The third kappa shape index (κ3) is 2.08. The number of anilines is 1. The number of nitrogens with two attached hydrogens (primary N) is 1. The predicted octanol–water partition coefficient (Wildman–Crippen LogP) is 0.107. The summed E-state index contributed by atoms with van der Waals surface area (Å²) < 4.78 is 0. The van der Waals surface area contributed by atoms with Crippen LogP contribution in [0, 0.1) is 0 Å². The van der Waals surface area contributed by atoms with E-state index < -0.39 is 11.4 Å². The van der Waals surface area contributed by atoms with Gasteiger partial charge in [0, 0.05) is 6.07 Å². The van der Waals surface area contributed by atoms with Crippen molar-refractivity contribution in [2.75, 3.05) is 25.9 Å². The van der Waals surface area contributed by atoms with E-state index in [0.29, 0.717) is 24.4 Å². The number of hydrogen-bond acceptors (Lipinski definition) is 5.